The molecule has 11 nitrogen and oxygen atoms in total. The Bertz CT molecular complexity index is 1020. The molecule has 1 rings (SSSR count). The monoisotopic (exact) mass is 578 g/mol. The number of benzene rings is 1. The predicted molar refractivity (Wildman–Crippen MR) is 151 cm³/mol. The van der Waals surface area contributed by atoms with Crippen LogP contribution >= 0.6 is 0 Å². The van der Waals surface area contributed by atoms with Crippen molar-refractivity contribution in [1.29, 1.82) is 0 Å². The molecule has 0 aliphatic rings. The summed E-state index contributed by atoms with van der Waals surface area (Å²) in [5, 5.41) is 3.40. The van der Waals surface area contributed by atoms with Gasteiger partial charge in [-0.3, -0.25) is 24.0 Å². The van der Waals surface area contributed by atoms with Gasteiger partial charge in [0.05, 0.1) is 0 Å². The predicted octanol–water partition coefficient (Wildman–Crippen LogP) is 4.02. The summed E-state index contributed by atoms with van der Waals surface area (Å²) in [6, 6.07) is 6.46. The number of amides is 2. The van der Waals surface area contributed by atoms with E-state index in [0.717, 1.165) is 10.6 Å². The molecule has 230 valence electrons. The van der Waals surface area contributed by atoms with E-state index in [1.54, 1.807) is 86.6 Å². The molecule has 0 spiro atoms. The van der Waals surface area contributed by atoms with E-state index in [1.165, 1.54) is 0 Å². The average molecular weight is 579 g/mol. The van der Waals surface area contributed by atoms with E-state index in [2.05, 4.69) is 5.32 Å². The Labute approximate surface area is 243 Å². The lowest BCUT2D eigenvalue weighted by atomic mass is 10.1. The van der Waals surface area contributed by atoms with Gasteiger partial charge in [-0.25, -0.2) is 9.86 Å². The normalized spacial score (nSPS) is 13.4. The molecular weight excluding hydrogens is 532 g/mol. The average Bonchev–Trinajstić information content (AvgIpc) is 2.80. The van der Waals surface area contributed by atoms with Crippen molar-refractivity contribution in [1.82, 2.24) is 10.4 Å². The van der Waals surface area contributed by atoms with E-state index < -0.39 is 52.7 Å². The van der Waals surface area contributed by atoms with E-state index in [-0.39, 0.29) is 32.3 Å². The SMILES string of the molecule is CC(C)(C)OC(=O)CC[C@H](NC(=O)[C@H](CCC(=O)OC(C)(C)C)N(C=O)OCc1ccccc1)C(=O)OC(C)(C)C. The van der Waals surface area contributed by atoms with Crippen LogP contribution in [0.15, 0.2) is 30.3 Å². The van der Waals surface area contributed by atoms with Crippen LogP contribution in [0.4, 0.5) is 0 Å². The van der Waals surface area contributed by atoms with Gasteiger partial charge < -0.3 is 19.5 Å². The summed E-state index contributed by atoms with van der Waals surface area (Å²) in [5.41, 5.74) is -1.59. The van der Waals surface area contributed by atoms with E-state index in [1.807, 2.05) is 6.07 Å². The molecule has 1 N–H and O–H groups in total. The molecular formula is C30H46N2O9. The molecule has 0 aliphatic heterocycles. The number of hydrogen-bond donors (Lipinski definition) is 1. The lowest BCUT2D eigenvalue weighted by molar-refractivity contribution is -0.197. The number of nitrogens with zero attached hydrogens (tertiary/aromatic N) is 1. The minimum Gasteiger partial charge on any atom is -0.460 e. The molecule has 0 aliphatic carbocycles. The van der Waals surface area contributed by atoms with Crippen molar-refractivity contribution in [3.05, 3.63) is 35.9 Å². The van der Waals surface area contributed by atoms with Gasteiger partial charge in [-0.15, -0.1) is 0 Å². The van der Waals surface area contributed by atoms with Crippen molar-refractivity contribution < 1.29 is 43.0 Å². The maximum absolute atomic E-state index is 13.5. The number of nitrogens with one attached hydrogen (secondary N) is 1. The molecule has 1 aromatic carbocycles. The second-order valence-electron chi connectivity index (χ2n) is 12.6. The molecule has 0 bridgehead atoms. The van der Waals surface area contributed by atoms with Gasteiger partial charge in [0, 0.05) is 12.8 Å². The van der Waals surface area contributed by atoms with E-state index in [4.69, 9.17) is 19.0 Å². The first-order valence-corrected chi connectivity index (χ1v) is 13.7. The largest absolute Gasteiger partial charge is 0.460 e. The highest BCUT2D eigenvalue weighted by Crippen LogP contribution is 2.17. The third-order valence-corrected chi connectivity index (χ3v) is 5.04. The van der Waals surface area contributed by atoms with Crippen LogP contribution in [-0.4, -0.2) is 64.2 Å². The van der Waals surface area contributed by atoms with Gasteiger partial charge in [0.1, 0.15) is 35.5 Å². The Morgan fingerprint density at radius 3 is 1.73 bits per heavy atom. The zero-order valence-corrected chi connectivity index (χ0v) is 25.8. The van der Waals surface area contributed by atoms with E-state index >= 15 is 0 Å². The summed E-state index contributed by atoms with van der Waals surface area (Å²) in [6.07, 6.45) is -0.303. The van der Waals surface area contributed by atoms with Crippen molar-refractivity contribution in [3.8, 4) is 0 Å². The van der Waals surface area contributed by atoms with Crippen LogP contribution in [0.1, 0.15) is 93.6 Å². The van der Waals surface area contributed by atoms with Crippen LogP contribution in [-0.2, 0) is 49.6 Å². The van der Waals surface area contributed by atoms with Gasteiger partial charge in [-0.05, 0) is 80.7 Å². The number of carbonyl (C=O) groups is 5. The van der Waals surface area contributed by atoms with Crippen LogP contribution in [0, 0.1) is 0 Å². The molecule has 0 radical (unpaired) electrons. The number of hydroxylamine groups is 2. The standard InChI is InChI=1S/C30H46N2O9/c1-28(2,3)39-24(34)17-15-22(27(37)41-30(7,8)9)31-26(36)23(16-18-25(35)40-29(4,5)6)32(20-33)38-19-21-13-11-10-12-14-21/h10-14,20,22-23H,15-19H2,1-9H3,(H,31,36)/t22-,23-/m0/s1. The quantitative estimate of drug-likeness (QED) is 0.150. The summed E-state index contributed by atoms with van der Waals surface area (Å²) in [4.78, 5) is 69.0. The Morgan fingerprint density at radius 1 is 0.780 bits per heavy atom. The zero-order chi connectivity index (χ0) is 31.4. The maximum Gasteiger partial charge on any atom is 0.329 e. The minimum atomic E-state index is -1.30. The number of hydrogen-bond acceptors (Lipinski definition) is 9. The van der Waals surface area contributed by atoms with Crippen molar-refractivity contribution >= 4 is 30.2 Å². The third kappa shape index (κ3) is 15.8. The van der Waals surface area contributed by atoms with Gasteiger partial charge in [-0.2, -0.15) is 0 Å². The van der Waals surface area contributed by atoms with Crippen LogP contribution in [0.3, 0.4) is 0 Å². The minimum absolute atomic E-state index is 0.0239. The van der Waals surface area contributed by atoms with Crippen molar-refractivity contribution in [3.63, 3.8) is 0 Å². The second kappa shape index (κ2) is 15.5. The number of carbonyl (C=O) groups excluding carboxylic acids is 5. The number of esters is 3. The first-order chi connectivity index (χ1) is 18.8. The lowest BCUT2D eigenvalue weighted by Gasteiger charge is -2.29. The Kier molecular flexibility index (Phi) is 13.4. The molecule has 0 unspecified atom stereocenters. The fourth-order valence-corrected chi connectivity index (χ4v) is 3.48. The number of ether oxygens (including phenoxy) is 3. The summed E-state index contributed by atoms with van der Waals surface area (Å²) in [7, 11) is 0. The molecule has 2 atom stereocenters. The van der Waals surface area contributed by atoms with Crippen molar-refractivity contribution in [2.24, 2.45) is 0 Å². The Morgan fingerprint density at radius 2 is 1.27 bits per heavy atom. The van der Waals surface area contributed by atoms with Gasteiger partial charge in [-0.1, -0.05) is 30.3 Å². The van der Waals surface area contributed by atoms with E-state index in [9.17, 15) is 24.0 Å². The Hall–Kier alpha value is -3.47. The molecule has 41 heavy (non-hydrogen) atoms. The molecule has 0 heterocycles. The van der Waals surface area contributed by atoms with Gasteiger partial charge >= 0.3 is 17.9 Å². The molecule has 1 aromatic rings. The van der Waals surface area contributed by atoms with Crippen molar-refractivity contribution in [2.75, 3.05) is 0 Å². The van der Waals surface area contributed by atoms with Crippen LogP contribution in [0.25, 0.3) is 0 Å². The molecule has 0 fully saturated rings. The van der Waals surface area contributed by atoms with Crippen LogP contribution < -0.4 is 5.32 Å². The highest BCUT2D eigenvalue weighted by Gasteiger charge is 2.34. The summed E-state index contributed by atoms with van der Waals surface area (Å²) >= 11 is 0. The highest BCUT2D eigenvalue weighted by atomic mass is 16.7. The first-order valence-electron chi connectivity index (χ1n) is 13.7. The molecule has 11 heteroatoms. The zero-order valence-electron chi connectivity index (χ0n) is 25.8. The first kappa shape index (κ1) is 35.6. The lowest BCUT2D eigenvalue weighted by Crippen LogP contribution is -2.52. The van der Waals surface area contributed by atoms with Crippen molar-refractivity contribution in [2.45, 2.75) is 123 Å². The summed E-state index contributed by atoms with van der Waals surface area (Å²) in [6.45, 7) is 15.3. The van der Waals surface area contributed by atoms with Crippen LogP contribution in [0.5, 0.6) is 0 Å². The molecule has 0 saturated carbocycles. The van der Waals surface area contributed by atoms with Gasteiger partial charge in [0.15, 0.2) is 0 Å². The van der Waals surface area contributed by atoms with Crippen LogP contribution in [0.2, 0.25) is 0 Å². The fourth-order valence-electron chi connectivity index (χ4n) is 3.48. The molecule has 0 aromatic heterocycles. The maximum atomic E-state index is 13.5. The topological polar surface area (TPSA) is 138 Å². The van der Waals surface area contributed by atoms with E-state index in [0.29, 0.717) is 6.41 Å². The number of rotatable bonds is 14. The molecule has 2 amide bonds. The van der Waals surface area contributed by atoms with Gasteiger partial charge in [0.25, 0.3) is 0 Å². The highest BCUT2D eigenvalue weighted by molar-refractivity contribution is 5.89. The molecule has 0 saturated heterocycles. The summed E-state index contributed by atoms with van der Waals surface area (Å²) < 4.78 is 16.1. The summed E-state index contributed by atoms with van der Waals surface area (Å²) in [5.74, 6) is -2.66. The second-order valence-corrected chi connectivity index (χ2v) is 12.6. The van der Waals surface area contributed by atoms with Gasteiger partial charge in [0.2, 0.25) is 12.3 Å². The third-order valence-electron chi connectivity index (χ3n) is 5.04. The smallest absolute Gasteiger partial charge is 0.329 e. The Balaban J connectivity index is 3.17. The fraction of sp³-hybridized carbons (Fsp3) is 0.633.